The normalized spacial score (nSPS) is 12.0. The van der Waals surface area contributed by atoms with Crippen LogP contribution in [-0.2, 0) is 11.3 Å². The zero-order valence-electron chi connectivity index (χ0n) is 19.3. The highest BCUT2D eigenvalue weighted by Crippen LogP contribution is 2.36. The molecule has 1 atom stereocenters. The lowest BCUT2D eigenvalue weighted by atomic mass is 10.1. The molecule has 4 aromatic rings. The van der Waals surface area contributed by atoms with Crippen LogP contribution in [0.4, 0.5) is 5.69 Å². The quantitative estimate of drug-likeness (QED) is 0.247. The number of thioether (sulfide) groups is 1. The van der Waals surface area contributed by atoms with Crippen LogP contribution in [0.25, 0.3) is 0 Å². The molecule has 0 spiro atoms. The maximum Gasteiger partial charge on any atom is 0.242 e. The lowest BCUT2D eigenvalue weighted by Crippen LogP contribution is -2.20. The summed E-state index contributed by atoms with van der Waals surface area (Å²) in [5, 5.41) is 11.8. The summed E-state index contributed by atoms with van der Waals surface area (Å²) in [5.41, 5.74) is 1.95. The average molecular weight is 475 g/mol. The van der Waals surface area contributed by atoms with Crippen LogP contribution in [0, 0.1) is 0 Å². The second-order valence-electron chi connectivity index (χ2n) is 8.20. The van der Waals surface area contributed by atoms with Crippen molar-refractivity contribution in [3.8, 4) is 0 Å². The van der Waals surface area contributed by atoms with Crippen LogP contribution in [0.3, 0.4) is 0 Å². The van der Waals surface area contributed by atoms with Crippen molar-refractivity contribution < 1.29 is 14.0 Å². The standard InChI is InChI=1S/C26H26N4O3S/c1-17(2)24-28-29-26(30(24)16-22-13-8-14-33-22)34-23(19-9-5-4-6-10-19)25(32)27-21-12-7-11-20(15-21)18(3)31/h4-15,17,23H,16H2,1-3H3,(H,27,32). The highest BCUT2D eigenvalue weighted by molar-refractivity contribution is 8.00. The molecule has 2 heterocycles. The Kier molecular flexibility index (Phi) is 7.27. The van der Waals surface area contributed by atoms with Crippen molar-refractivity contribution in [2.75, 3.05) is 5.32 Å². The van der Waals surface area contributed by atoms with Crippen molar-refractivity contribution in [2.45, 2.75) is 43.6 Å². The largest absolute Gasteiger partial charge is 0.467 e. The molecule has 2 aromatic heterocycles. The van der Waals surface area contributed by atoms with E-state index in [-0.39, 0.29) is 17.6 Å². The number of furan rings is 1. The molecule has 0 fully saturated rings. The molecule has 0 aliphatic carbocycles. The number of benzene rings is 2. The number of anilines is 1. The van der Waals surface area contributed by atoms with Crippen molar-refractivity contribution in [1.29, 1.82) is 0 Å². The van der Waals surface area contributed by atoms with Crippen molar-refractivity contribution in [3.05, 3.63) is 95.7 Å². The zero-order chi connectivity index (χ0) is 24.1. The monoisotopic (exact) mass is 474 g/mol. The van der Waals surface area contributed by atoms with Gasteiger partial charge in [0.25, 0.3) is 0 Å². The van der Waals surface area contributed by atoms with Gasteiger partial charge in [0.1, 0.15) is 16.8 Å². The van der Waals surface area contributed by atoms with Crippen LogP contribution >= 0.6 is 11.8 Å². The predicted molar refractivity (Wildman–Crippen MR) is 132 cm³/mol. The maximum atomic E-state index is 13.5. The van der Waals surface area contributed by atoms with Gasteiger partial charge in [0, 0.05) is 17.2 Å². The Hall–Kier alpha value is -3.65. The van der Waals surface area contributed by atoms with Gasteiger partial charge in [-0.2, -0.15) is 0 Å². The summed E-state index contributed by atoms with van der Waals surface area (Å²) in [5.74, 6) is 1.48. The first-order valence-corrected chi connectivity index (χ1v) is 11.9. The molecular weight excluding hydrogens is 448 g/mol. The maximum absolute atomic E-state index is 13.5. The summed E-state index contributed by atoms with van der Waals surface area (Å²) in [6, 6.07) is 20.2. The number of nitrogens with one attached hydrogen (secondary N) is 1. The van der Waals surface area contributed by atoms with Gasteiger partial charge in [-0.1, -0.05) is 68.1 Å². The Bertz CT molecular complexity index is 1270. The van der Waals surface area contributed by atoms with Gasteiger partial charge < -0.3 is 9.73 Å². The van der Waals surface area contributed by atoms with Crippen molar-refractivity contribution in [3.63, 3.8) is 0 Å². The second kappa shape index (κ2) is 10.5. The summed E-state index contributed by atoms with van der Waals surface area (Å²) < 4.78 is 7.54. The fraction of sp³-hybridized carbons (Fsp3) is 0.231. The Balaban J connectivity index is 1.66. The van der Waals surface area contributed by atoms with Gasteiger partial charge in [0.05, 0.1) is 12.8 Å². The van der Waals surface area contributed by atoms with E-state index in [2.05, 4.69) is 29.4 Å². The molecule has 0 aliphatic heterocycles. The molecule has 0 aliphatic rings. The summed E-state index contributed by atoms with van der Waals surface area (Å²) in [6.07, 6.45) is 1.64. The number of hydrogen-bond acceptors (Lipinski definition) is 6. The second-order valence-corrected chi connectivity index (χ2v) is 9.27. The van der Waals surface area contributed by atoms with Crippen LogP contribution in [0.2, 0.25) is 0 Å². The number of hydrogen-bond donors (Lipinski definition) is 1. The average Bonchev–Trinajstić information content (AvgIpc) is 3.48. The van der Waals surface area contributed by atoms with Crippen molar-refractivity contribution in [1.82, 2.24) is 14.8 Å². The van der Waals surface area contributed by atoms with Crippen molar-refractivity contribution >= 4 is 29.1 Å². The zero-order valence-corrected chi connectivity index (χ0v) is 20.1. The van der Waals surface area contributed by atoms with Gasteiger partial charge in [0.2, 0.25) is 5.91 Å². The van der Waals surface area contributed by atoms with Crippen LogP contribution in [0.5, 0.6) is 0 Å². The SMILES string of the molecule is CC(=O)c1cccc(NC(=O)C(Sc2nnc(C(C)C)n2Cc2ccco2)c2ccccc2)c1. The number of Topliss-reactive ketones (excluding diaryl/α,β-unsaturated/α-hetero) is 1. The topological polar surface area (TPSA) is 90.0 Å². The van der Waals surface area contributed by atoms with E-state index in [4.69, 9.17) is 4.42 Å². The molecule has 0 bridgehead atoms. The first-order valence-electron chi connectivity index (χ1n) is 11.0. The van der Waals surface area contributed by atoms with E-state index in [0.717, 1.165) is 17.1 Å². The summed E-state index contributed by atoms with van der Waals surface area (Å²) >= 11 is 1.34. The van der Waals surface area contributed by atoms with Crippen LogP contribution in [0.15, 0.2) is 82.6 Å². The third kappa shape index (κ3) is 5.46. The Morgan fingerprint density at radius 2 is 1.82 bits per heavy atom. The first kappa shape index (κ1) is 23.5. The molecule has 34 heavy (non-hydrogen) atoms. The summed E-state index contributed by atoms with van der Waals surface area (Å²) in [6.45, 7) is 6.09. The van der Waals surface area contributed by atoms with Gasteiger partial charge in [-0.15, -0.1) is 10.2 Å². The number of aromatic nitrogens is 3. The molecule has 0 saturated heterocycles. The number of rotatable bonds is 9. The molecule has 174 valence electrons. The van der Waals surface area contributed by atoms with E-state index in [9.17, 15) is 9.59 Å². The molecule has 1 unspecified atom stereocenters. The number of amides is 1. The number of carbonyl (C=O) groups excluding carboxylic acids is 2. The van der Waals surface area contributed by atoms with Gasteiger partial charge in [-0.3, -0.25) is 14.2 Å². The van der Waals surface area contributed by atoms with E-state index < -0.39 is 5.25 Å². The predicted octanol–water partition coefficient (Wildman–Crippen LogP) is 5.72. The van der Waals surface area contributed by atoms with E-state index in [1.165, 1.54) is 18.7 Å². The summed E-state index contributed by atoms with van der Waals surface area (Å²) in [4.78, 5) is 25.2. The molecular formula is C26H26N4O3S. The molecule has 1 N–H and O–H groups in total. The lowest BCUT2D eigenvalue weighted by molar-refractivity contribution is -0.115. The van der Waals surface area contributed by atoms with Crippen molar-refractivity contribution in [2.24, 2.45) is 0 Å². The van der Waals surface area contributed by atoms with Crippen LogP contribution in [-0.4, -0.2) is 26.5 Å². The number of ketones is 1. The third-order valence-corrected chi connectivity index (χ3v) is 6.49. The molecule has 8 heteroatoms. The Morgan fingerprint density at radius 1 is 1.03 bits per heavy atom. The van der Waals surface area contributed by atoms with Crippen LogP contribution in [0.1, 0.15) is 59.4 Å². The Morgan fingerprint density at radius 3 is 2.50 bits per heavy atom. The summed E-state index contributed by atoms with van der Waals surface area (Å²) in [7, 11) is 0. The molecule has 1 amide bonds. The minimum Gasteiger partial charge on any atom is -0.467 e. The first-order chi connectivity index (χ1) is 16.4. The van der Waals surface area contributed by atoms with Gasteiger partial charge in [-0.25, -0.2) is 0 Å². The smallest absolute Gasteiger partial charge is 0.242 e. The van der Waals surface area contributed by atoms with Gasteiger partial charge in [0.15, 0.2) is 10.9 Å². The molecule has 0 radical (unpaired) electrons. The van der Waals surface area contributed by atoms with Gasteiger partial charge >= 0.3 is 0 Å². The van der Waals surface area contributed by atoms with Crippen LogP contribution < -0.4 is 5.32 Å². The highest BCUT2D eigenvalue weighted by atomic mass is 32.2. The minimum atomic E-state index is -0.582. The molecule has 2 aromatic carbocycles. The minimum absolute atomic E-state index is 0.0580. The lowest BCUT2D eigenvalue weighted by Gasteiger charge is -2.18. The van der Waals surface area contributed by atoms with E-state index in [1.54, 1.807) is 30.5 Å². The molecule has 7 nitrogen and oxygen atoms in total. The molecule has 4 rings (SSSR count). The highest BCUT2D eigenvalue weighted by Gasteiger charge is 2.27. The number of carbonyl (C=O) groups is 2. The van der Waals surface area contributed by atoms with E-state index in [1.807, 2.05) is 47.0 Å². The Labute approximate surface area is 202 Å². The molecule has 0 saturated carbocycles. The fourth-order valence-electron chi connectivity index (χ4n) is 3.55. The number of nitrogens with zero attached hydrogens (tertiary/aromatic N) is 3. The van der Waals surface area contributed by atoms with E-state index in [0.29, 0.717) is 23.0 Å². The van der Waals surface area contributed by atoms with Gasteiger partial charge in [-0.05, 0) is 36.8 Å². The fourth-order valence-corrected chi connectivity index (χ4v) is 4.59. The van der Waals surface area contributed by atoms with E-state index >= 15 is 0 Å². The third-order valence-electron chi connectivity index (χ3n) is 5.26.